The Hall–Kier alpha value is -1.86. The highest BCUT2D eigenvalue weighted by Gasteiger charge is 2.09. The van der Waals surface area contributed by atoms with Gasteiger partial charge >= 0.3 is 0 Å². The van der Waals surface area contributed by atoms with Gasteiger partial charge in [-0.25, -0.2) is 0 Å². The summed E-state index contributed by atoms with van der Waals surface area (Å²) in [5.74, 6) is 0. The fourth-order valence-electron chi connectivity index (χ4n) is 1.67. The number of hydrogen-bond acceptors (Lipinski definition) is 5. The molecule has 0 aliphatic heterocycles. The molecule has 0 radical (unpaired) electrons. The topological polar surface area (TPSA) is 63.0 Å². The first-order valence-electron chi connectivity index (χ1n) is 5.25. The Morgan fingerprint density at radius 2 is 2.06 bits per heavy atom. The molecule has 3 rings (SSSR count). The van der Waals surface area contributed by atoms with E-state index in [-0.39, 0.29) is 5.56 Å². The summed E-state index contributed by atoms with van der Waals surface area (Å²) in [6, 6.07) is 9.69. The number of fused-ring (bicyclic) bond motifs is 1. The van der Waals surface area contributed by atoms with Gasteiger partial charge in [0, 0.05) is 6.42 Å². The van der Waals surface area contributed by atoms with E-state index in [1.807, 2.05) is 30.3 Å². The molecule has 0 fully saturated rings. The van der Waals surface area contributed by atoms with Gasteiger partial charge in [-0.2, -0.15) is 4.52 Å². The highest BCUT2D eigenvalue weighted by molar-refractivity contribution is 7.73. The van der Waals surface area contributed by atoms with Crippen molar-refractivity contribution in [3.05, 3.63) is 55.9 Å². The Balaban J connectivity index is 2.10. The van der Waals surface area contributed by atoms with Gasteiger partial charge in [0.05, 0.1) is 0 Å². The van der Waals surface area contributed by atoms with E-state index in [4.69, 9.17) is 12.2 Å². The van der Waals surface area contributed by atoms with Crippen LogP contribution in [0.1, 0.15) is 11.3 Å². The van der Waals surface area contributed by atoms with Crippen molar-refractivity contribution in [3.8, 4) is 0 Å². The van der Waals surface area contributed by atoms with E-state index < -0.39 is 0 Å². The van der Waals surface area contributed by atoms with Crippen molar-refractivity contribution in [2.24, 2.45) is 0 Å². The van der Waals surface area contributed by atoms with Gasteiger partial charge in [0.1, 0.15) is 5.69 Å². The second-order valence-electron chi connectivity index (χ2n) is 3.73. The van der Waals surface area contributed by atoms with Crippen molar-refractivity contribution in [3.63, 3.8) is 0 Å². The Kier molecular flexibility index (Phi) is 2.77. The second kappa shape index (κ2) is 4.43. The summed E-state index contributed by atoms with van der Waals surface area (Å²) < 4.78 is 1.86. The van der Waals surface area contributed by atoms with E-state index in [0.29, 0.717) is 21.0 Å². The zero-order valence-corrected chi connectivity index (χ0v) is 10.8. The molecule has 3 aromatic rings. The third-order valence-electron chi connectivity index (χ3n) is 2.50. The molecule has 0 amide bonds. The minimum Gasteiger partial charge on any atom is -0.270 e. The molecule has 0 spiro atoms. The second-order valence-corrected chi connectivity index (χ2v) is 5.38. The molecule has 0 atom stereocenters. The molecule has 2 heterocycles. The predicted molar refractivity (Wildman–Crippen MR) is 71.6 cm³/mol. The molecule has 2 aromatic heterocycles. The lowest BCUT2D eigenvalue weighted by molar-refractivity contribution is 0.805. The predicted octanol–water partition coefficient (Wildman–Crippen LogP) is 1.80. The molecule has 0 aliphatic carbocycles. The van der Waals surface area contributed by atoms with Gasteiger partial charge in [-0.3, -0.25) is 9.89 Å². The van der Waals surface area contributed by atoms with Crippen LogP contribution in [0.4, 0.5) is 0 Å². The fourth-order valence-corrected chi connectivity index (χ4v) is 2.59. The smallest absolute Gasteiger partial charge is 0.270 e. The largest absolute Gasteiger partial charge is 0.295 e. The van der Waals surface area contributed by atoms with Crippen LogP contribution in [0.15, 0.2) is 35.1 Å². The summed E-state index contributed by atoms with van der Waals surface area (Å²) in [5, 5.41) is 10.8. The molecule has 0 aliphatic rings. The summed E-state index contributed by atoms with van der Waals surface area (Å²) in [5.41, 5.74) is 1.23. The zero-order chi connectivity index (χ0) is 12.5. The number of nitrogens with one attached hydrogen (secondary N) is 1. The Labute approximate surface area is 111 Å². The van der Waals surface area contributed by atoms with Crippen LogP contribution in [0.3, 0.4) is 0 Å². The van der Waals surface area contributed by atoms with Gasteiger partial charge < -0.3 is 0 Å². The van der Waals surface area contributed by atoms with Crippen LogP contribution in [0, 0.1) is 3.95 Å². The summed E-state index contributed by atoms with van der Waals surface area (Å²) in [4.78, 5) is 12.6. The van der Waals surface area contributed by atoms with Crippen LogP contribution in [-0.4, -0.2) is 19.8 Å². The fraction of sp³-hybridized carbons (Fsp3) is 0.0909. The highest BCUT2D eigenvalue weighted by atomic mass is 32.1. The quantitative estimate of drug-likeness (QED) is 0.725. The molecule has 0 unspecified atom stereocenters. The van der Waals surface area contributed by atoms with E-state index in [2.05, 4.69) is 15.3 Å². The van der Waals surface area contributed by atoms with Crippen LogP contribution < -0.4 is 5.56 Å². The van der Waals surface area contributed by atoms with Crippen LogP contribution >= 0.6 is 23.6 Å². The number of hydrogen-bond donors (Lipinski definition) is 1. The summed E-state index contributed by atoms with van der Waals surface area (Å²) in [6.07, 6.45) is 0.464. The number of rotatable bonds is 2. The first kappa shape index (κ1) is 11.2. The molecule has 0 bridgehead atoms. The number of aromatic amines is 1. The number of aromatic nitrogens is 4. The lowest BCUT2D eigenvalue weighted by atomic mass is 10.1. The Morgan fingerprint density at radius 1 is 1.28 bits per heavy atom. The summed E-state index contributed by atoms with van der Waals surface area (Å²) >= 11 is 6.21. The van der Waals surface area contributed by atoms with Gasteiger partial charge in [0.25, 0.3) is 5.56 Å². The Morgan fingerprint density at radius 3 is 2.83 bits per heavy atom. The lowest BCUT2D eigenvalue weighted by Crippen LogP contribution is -2.22. The zero-order valence-electron chi connectivity index (χ0n) is 9.16. The SMILES string of the molecule is O=c1c(Cc2ccccc2)nnc2sc(=S)[nH]n12. The van der Waals surface area contributed by atoms with Crippen LogP contribution in [0.2, 0.25) is 0 Å². The van der Waals surface area contributed by atoms with Gasteiger partial charge in [0.15, 0.2) is 3.95 Å². The molecule has 5 nitrogen and oxygen atoms in total. The standard InChI is InChI=1S/C11H8N4OS2/c16-9-8(6-7-4-2-1-3-5-7)12-13-10-15(9)14-11(17)18-10/h1-5H,6H2,(H,14,17). The highest BCUT2D eigenvalue weighted by Crippen LogP contribution is 2.07. The molecule has 0 saturated carbocycles. The van der Waals surface area contributed by atoms with Crippen molar-refractivity contribution in [2.45, 2.75) is 6.42 Å². The molecule has 0 saturated heterocycles. The maximum absolute atomic E-state index is 12.1. The maximum atomic E-state index is 12.1. The average Bonchev–Trinajstić information content (AvgIpc) is 2.76. The normalized spacial score (nSPS) is 10.9. The van der Waals surface area contributed by atoms with Gasteiger partial charge in [-0.05, 0) is 17.8 Å². The minimum absolute atomic E-state index is 0.198. The van der Waals surface area contributed by atoms with Crippen LogP contribution in [-0.2, 0) is 6.42 Å². The van der Waals surface area contributed by atoms with Crippen molar-refractivity contribution < 1.29 is 0 Å². The van der Waals surface area contributed by atoms with E-state index >= 15 is 0 Å². The van der Waals surface area contributed by atoms with Crippen LogP contribution in [0.25, 0.3) is 4.96 Å². The van der Waals surface area contributed by atoms with Crippen molar-refractivity contribution in [1.82, 2.24) is 19.8 Å². The first-order chi connectivity index (χ1) is 8.74. The molecule has 7 heteroatoms. The van der Waals surface area contributed by atoms with Gasteiger partial charge in [0.2, 0.25) is 4.96 Å². The van der Waals surface area contributed by atoms with E-state index in [1.165, 1.54) is 15.9 Å². The summed E-state index contributed by atoms with van der Waals surface area (Å²) in [6.45, 7) is 0. The third kappa shape index (κ3) is 1.98. The number of nitrogens with zero attached hydrogens (tertiary/aromatic N) is 3. The van der Waals surface area contributed by atoms with Gasteiger partial charge in [-0.1, -0.05) is 41.7 Å². The molecular formula is C11H8N4OS2. The van der Waals surface area contributed by atoms with Crippen molar-refractivity contribution >= 4 is 28.5 Å². The minimum atomic E-state index is -0.198. The number of benzene rings is 1. The first-order valence-corrected chi connectivity index (χ1v) is 6.48. The Bertz CT molecular complexity index is 803. The van der Waals surface area contributed by atoms with Gasteiger partial charge in [-0.15, -0.1) is 10.2 Å². The molecule has 18 heavy (non-hydrogen) atoms. The molecular weight excluding hydrogens is 268 g/mol. The summed E-state index contributed by atoms with van der Waals surface area (Å²) in [7, 11) is 0. The third-order valence-corrected chi connectivity index (χ3v) is 3.56. The monoisotopic (exact) mass is 276 g/mol. The van der Waals surface area contributed by atoms with Crippen molar-refractivity contribution in [2.75, 3.05) is 0 Å². The molecule has 1 aromatic carbocycles. The molecule has 90 valence electrons. The average molecular weight is 276 g/mol. The molecule has 1 N–H and O–H groups in total. The number of H-pyrrole nitrogens is 1. The van der Waals surface area contributed by atoms with Crippen molar-refractivity contribution in [1.29, 1.82) is 0 Å². The lowest BCUT2D eigenvalue weighted by Gasteiger charge is -1.99. The van der Waals surface area contributed by atoms with E-state index in [1.54, 1.807) is 0 Å². The van der Waals surface area contributed by atoms with E-state index in [0.717, 1.165) is 5.56 Å². The van der Waals surface area contributed by atoms with E-state index in [9.17, 15) is 4.79 Å². The van der Waals surface area contributed by atoms with Crippen LogP contribution in [0.5, 0.6) is 0 Å². The maximum Gasteiger partial charge on any atom is 0.295 e.